The molecule has 2 aromatic rings. The van der Waals surface area contributed by atoms with Gasteiger partial charge in [0, 0.05) is 31.5 Å². The average Bonchev–Trinajstić information content (AvgIpc) is 2.82. The monoisotopic (exact) mass is 238 g/mol. The molecule has 0 spiro atoms. The third-order valence-electron chi connectivity index (χ3n) is 3.68. The molecule has 1 aromatic heterocycles. The number of nitrogens with zero attached hydrogens (tertiary/aromatic N) is 2. The Balaban J connectivity index is 1.93. The molecule has 92 valence electrons. The molecule has 1 aliphatic heterocycles. The molecule has 18 heavy (non-hydrogen) atoms. The van der Waals surface area contributed by atoms with Crippen LogP contribution in [0.1, 0.15) is 25.0 Å². The molecule has 0 saturated carbocycles. The van der Waals surface area contributed by atoms with Crippen molar-refractivity contribution in [3.63, 3.8) is 0 Å². The van der Waals surface area contributed by atoms with Crippen molar-refractivity contribution < 1.29 is 0 Å². The largest absolute Gasteiger partial charge is 0.292 e. The van der Waals surface area contributed by atoms with Gasteiger partial charge < -0.3 is 0 Å². The van der Waals surface area contributed by atoms with Crippen LogP contribution in [-0.2, 0) is 13.1 Å². The average molecular weight is 238 g/mol. The zero-order chi connectivity index (χ0) is 12.5. The topological polar surface area (TPSA) is 16.1 Å². The van der Waals surface area contributed by atoms with E-state index in [0.29, 0.717) is 6.04 Å². The molecule has 0 aliphatic carbocycles. The van der Waals surface area contributed by atoms with Crippen molar-refractivity contribution in [3.8, 4) is 11.1 Å². The fourth-order valence-electron chi connectivity index (χ4n) is 2.50. The second-order valence-electron chi connectivity index (χ2n) is 5.22. The van der Waals surface area contributed by atoms with Gasteiger partial charge in [0.15, 0.2) is 0 Å². The van der Waals surface area contributed by atoms with Crippen LogP contribution in [0.25, 0.3) is 11.1 Å². The van der Waals surface area contributed by atoms with Gasteiger partial charge >= 0.3 is 0 Å². The molecular formula is C16H18N2. The van der Waals surface area contributed by atoms with Gasteiger partial charge in [-0.1, -0.05) is 18.2 Å². The standard InChI is InChI=1S/C16H18N2/c1-12(2)18-10-15-6-5-13(8-16(15)11-18)14-4-3-7-17-9-14/h3-9,12H,10-11H2,1-2H3. The Morgan fingerprint density at radius 1 is 1.06 bits per heavy atom. The number of benzene rings is 1. The molecule has 2 heterocycles. The maximum atomic E-state index is 4.19. The van der Waals surface area contributed by atoms with Crippen LogP contribution in [0.15, 0.2) is 42.7 Å². The molecular weight excluding hydrogens is 220 g/mol. The molecule has 0 saturated heterocycles. The second kappa shape index (κ2) is 4.54. The molecule has 0 atom stereocenters. The van der Waals surface area contributed by atoms with E-state index >= 15 is 0 Å². The predicted octanol–water partition coefficient (Wildman–Crippen LogP) is 3.47. The highest BCUT2D eigenvalue weighted by Crippen LogP contribution is 2.29. The Labute approximate surface area is 108 Å². The van der Waals surface area contributed by atoms with Crippen LogP contribution in [-0.4, -0.2) is 15.9 Å². The molecule has 1 aromatic carbocycles. The minimum atomic E-state index is 0.610. The number of hydrogen-bond acceptors (Lipinski definition) is 2. The lowest BCUT2D eigenvalue weighted by Gasteiger charge is -2.18. The maximum Gasteiger partial charge on any atom is 0.0346 e. The van der Waals surface area contributed by atoms with E-state index in [9.17, 15) is 0 Å². The van der Waals surface area contributed by atoms with E-state index in [2.05, 4.69) is 48.0 Å². The van der Waals surface area contributed by atoms with Crippen LogP contribution < -0.4 is 0 Å². The summed E-state index contributed by atoms with van der Waals surface area (Å²) in [6, 6.07) is 11.5. The number of hydrogen-bond donors (Lipinski definition) is 0. The number of pyridine rings is 1. The van der Waals surface area contributed by atoms with Crippen LogP contribution in [0.2, 0.25) is 0 Å². The zero-order valence-corrected chi connectivity index (χ0v) is 10.9. The SMILES string of the molecule is CC(C)N1Cc2ccc(-c3cccnc3)cc2C1. The molecule has 0 bridgehead atoms. The summed E-state index contributed by atoms with van der Waals surface area (Å²) in [7, 11) is 0. The van der Waals surface area contributed by atoms with E-state index in [1.807, 2.05) is 18.5 Å². The Morgan fingerprint density at radius 3 is 2.61 bits per heavy atom. The Morgan fingerprint density at radius 2 is 1.89 bits per heavy atom. The molecule has 0 radical (unpaired) electrons. The highest BCUT2D eigenvalue weighted by Gasteiger charge is 2.21. The van der Waals surface area contributed by atoms with Crippen molar-refractivity contribution in [2.24, 2.45) is 0 Å². The summed E-state index contributed by atoms with van der Waals surface area (Å²) < 4.78 is 0. The van der Waals surface area contributed by atoms with Crippen LogP contribution in [0.3, 0.4) is 0 Å². The van der Waals surface area contributed by atoms with Gasteiger partial charge in [0.25, 0.3) is 0 Å². The molecule has 0 amide bonds. The van der Waals surface area contributed by atoms with Crippen LogP contribution >= 0.6 is 0 Å². The van der Waals surface area contributed by atoms with E-state index in [1.165, 1.54) is 22.3 Å². The molecule has 3 rings (SSSR count). The highest BCUT2D eigenvalue weighted by molar-refractivity contribution is 5.64. The van der Waals surface area contributed by atoms with E-state index in [1.54, 1.807) is 0 Å². The van der Waals surface area contributed by atoms with E-state index < -0.39 is 0 Å². The zero-order valence-electron chi connectivity index (χ0n) is 10.9. The van der Waals surface area contributed by atoms with Crippen molar-refractivity contribution in [2.75, 3.05) is 0 Å². The first kappa shape index (κ1) is 11.4. The Kier molecular flexibility index (Phi) is 2.88. The van der Waals surface area contributed by atoms with Gasteiger partial charge in [0.05, 0.1) is 0 Å². The van der Waals surface area contributed by atoms with Gasteiger partial charge in [-0.15, -0.1) is 0 Å². The molecule has 0 fully saturated rings. The molecule has 2 heteroatoms. The van der Waals surface area contributed by atoms with Crippen LogP contribution in [0, 0.1) is 0 Å². The first-order chi connectivity index (χ1) is 8.74. The van der Waals surface area contributed by atoms with Gasteiger partial charge in [-0.3, -0.25) is 9.88 Å². The van der Waals surface area contributed by atoms with Crippen LogP contribution in [0.5, 0.6) is 0 Å². The molecule has 1 aliphatic rings. The number of fused-ring (bicyclic) bond motifs is 1. The number of aromatic nitrogens is 1. The first-order valence-electron chi connectivity index (χ1n) is 6.50. The van der Waals surface area contributed by atoms with Crippen molar-refractivity contribution >= 4 is 0 Å². The first-order valence-corrected chi connectivity index (χ1v) is 6.50. The molecule has 2 nitrogen and oxygen atoms in total. The maximum absolute atomic E-state index is 4.19. The quantitative estimate of drug-likeness (QED) is 0.796. The minimum Gasteiger partial charge on any atom is -0.292 e. The summed E-state index contributed by atoms with van der Waals surface area (Å²) in [5.41, 5.74) is 5.40. The van der Waals surface area contributed by atoms with E-state index in [0.717, 1.165) is 13.1 Å². The summed E-state index contributed by atoms with van der Waals surface area (Å²) in [4.78, 5) is 6.69. The minimum absolute atomic E-state index is 0.610. The van der Waals surface area contributed by atoms with Crippen molar-refractivity contribution in [2.45, 2.75) is 33.0 Å². The normalized spacial score (nSPS) is 15.1. The molecule has 0 unspecified atom stereocenters. The highest BCUT2D eigenvalue weighted by atomic mass is 15.2. The smallest absolute Gasteiger partial charge is 0.0346 e. The van der Waals surface area contributed by atoms with Crippen LogP contribution in [0.4, 0.5) is 0 Å². The van der Waals surface area contributed by atoms with Gasteiger partial charge in [0.1, 0.15) is 0 Å². The lowest BCUT2D eigenvalue weighted by atomic mass is 10.0. The third-order valence-corrected chi connectivity index (χ3v) is 3.68. The fourth-order valence-corrected chi connectivity index (χ4v) is 2.50. The summed E-state index contributed by atoms with van der Waals surface area (Å²) in [6.07, 6.45) is 3.74. The lowest BCUT2D eigenvalue weighted by molar-refractivity contribution is 0.227. The van der Waals surface area contributed by atoms with Gasteiger partial charge in [-0.05, 0) is 48.2 Å². The van der Waals surface area contributed by atoms with E-state index in [4.69, 9.17) is 0 Å². The van der Waals surface area contributed by atoms with Crippen molar-refractivity contribution in [3.05, 3.63) is 53.9 Å². The van der Waals surface area contributed by atoms with Gasteiger partial charge in [-0.2, -0.15) is 0 Å². The van der Waals surface area contributed by atoms with Gasteiger partial charge in [0.2, 0.25) is 0 Å². The summed E-state index contributed by atoms with van der Waals surface area (Å²) in [5.74, 6) is 0. The van der Waals surface area contributed by atoms with Crippen molar-refractivity contribution in [1.29, 1.82) is 0 Å². The Bertz CT molecular complexity index is 546. The van der Waals surface area contributed by atoms with Crippen molar-refractivity contribution in [1.82, 2.24) is 9.88 Å². The fraction of sp³-hybridized carbons (Fsp3) is 0.312. The third kappa shape index (κ3) is 2.04. The molecule has 0 N–H and O–H groups in total. The summed E-state index contributed by atoms with van der Waals surface area (Å²) >= 11 is 0. The number of rotatable bonds is 2. The lowest BCUT2D eigenvalue weighted by Crippen LogP contribution is -2.24. The summed E-state index contributed by atoms with van der Waals surface area (Å²) in [6.45, 7) is 6.67. The predicted molar refractivity (Wildman–Crippen MR) is 74.1 cm³/mol. The second-order valence-corrected chi connectivity index (χ2v) is 5.22. The van der Waals surface area contributed by atoms with E-state index in [-0.39, 0.29) is 0 Å². The van der Waals surface area contributed by atoms with Gasteiger partial charge in [-0.25, -0.2) is 0 Å². The summed E-state index contributed by atoms with van der Waals surface area (Å²) in [5, 5.41) is 0. The Hall–Kier alpha value is -1.67.